The molecule has 0 fully saturated rings. The van der Waals surface area contributed by atoms with E-state index in [9.17, 15) is 4.79 Å². The third-order valence-corrected chi connectivity index (χ3v) is 4.42. The minimum absolute atomic E-state index is 0.113. The molecule has 1 aliphatic heterocycles. The minimum atomic E-state index is 0.113. The normalized spacial score (nSPS) is 16.0. The van der Waals surface area contributed by atoms with Crippen molar-refractivity contribution in [3.05, 3.63) is 53.6 Å². The number of benzene rings is 2. The quantitative estimate of drug-likeness (QED) is 0.811. The molecule has 1 N–H and O–H groups in total. The zero-order valence-electron chi connectivity index (χ0n) is 12.9. The zero-order valence-corrected chi connectivity index (χ0v) is 12.9. The first-order valence-electron chi connectivity index (χ1n) is 7.48. The summed E-state index contributed by atoms with van der Waals surface area (Å²) in [6, 6.07) is 14.4. The highest BCUT2D eigenvalue weighted by atomic mass is 16.1. The zero-order chi connectivity index (χ0) is 15.0. The second-order valence-corrected chi connectivity index (χ2v) is 6.43. The van der Waals surface area contributed by atoms with Crippen molar-refractivity contribution in [3.8, 4) is 11.1 Å². The number of hydrogen-bond acceptors (Lipinski definition) is 2. The first-order valence-corrected chi connectivity index (χ1v) is 7.48. The van der Waals surface area contributed by atoms with Crippen molar-refractivity contribution in [2.75, 3.05) is 11.9 Å². The van der Waals surface area contributed by atoms with Crippen molar-refractivity contribution >= 4 is 11.5 Å². The van der Waals surface area contributed by atoms with Crippen molar-refractivity contribution in [3.63, 3.8) is 0 Å². The highest BCUT2D eigenvalue weighted by Crippen LogP contribution is 2.40. The van der Waals surface area contributed by atoms with Gasteiger partial charge in [-0.25, -0.2) is 0 Å². The molecular weight excluding hydrogens is 258 g/mol. The Bertz CT molecular complexity index is 686. The Balaban J connectivity index is 2.26. The van der Waals surface area contributed by atoms with E-state index in [2.05, 4.69) is 37.4 Å². The van der Waals surface area contributed by atoms with Crippen LogP contribution in [-0.2, 0) is 5.41 Å². The van der Waals surface area contributed by atoms with Crippen LogP contribution in [0.15, 0.2) is 42.5 Å². The number of ketones is 1. The summed E-state index contributed by atoms with van der Waals surface area (Å²) in [4.78, 5) is 12.1. The standard InChI is InChI=1S/C19H21NO/c1-13(21)15-12-18-17(19(2,3)9-10-20-18)11-16(15)14-7-5-4-6-8-14/h4-8,11-12,20H,9-10H2,1-3H3. The molecular formula is C19H21NO. The fraction of sp³-hybridized carbons (Fsp3) is 0.316. The number of anilines is 1. The molecule has 1 aliphatic rings. The van der Waals surface area contributed by atoms with Crippen molar-refractivity contribution in [1.29, 1.82) is 0 Å². The summed E-state index contributed by atoms with van der Waals surface area (Å²) in [5.41, 5.74) is 5.49. The van der Waals surface area contributed by atoms with Gasteiger partial charge >= 0.3 is 0 Å². The monoisotopic (exact) mass is 279 g/mol. The Kier molecular flexibility index (Phi) is 3.32. The molecule has 0 saturated carbocycles. The van der Waals surface area contributed by atoms with E-state index in [1.54, 1.807) is 6.92 Å². The molecule has 108 valence electrons. The molecule has 0 bridgehead atoms. The summed E-state index contributed by atoms with van der Waals surface area (Å²) in [6.07, 6.45) is 1.10. The summed E-state index contributed by atoms with van der Waals surface area (Å²) in [6.45, 7) is 7.15. The molecule has 21 heavy (non-hydrogen) atoms. The van der Waals surface area contributed by atoms with Gasteiger partial charge in [0.05, 0.1) is 0 Å². The SMILES string of the molecule is CC(=O)c1cc2c(cc1-c1ccccc1)C(C)(C)CCN2. The molecule has 3 rings (SSSR count). The van der Waals surface area contributed by atoms with E-state index in [0.29, 0.717) is 0 Å². The molecule has 1 heterocycles. The fourth-order valence-corrected chi connectivity index (χ4v) is 3.10. The number of hydrogen-bond donors (Lipinski definition) is 1. The van der Waals surface area contributed by atoms with Crippen LogP contribution in [0.2, 0.25) is 0 Å². The van der Waals surface area contributed by atoms with Gasteiger partial charge in [0.25, 0.3) is 0 Å². The van der Waals surface area contributed by atoms with Crippen LogP contribution < -0.4 is 5.32 Å². The first-order chi connectivity index (χ1) is 9.99. The number of carbonyl (C=O) groups excluding carboxylic acids is 1. The highest BCUT2D eigenvalue weighted by molar-refractivity contribution is 6.02. The molecule has 2 heteroatoms. The van der Waals surface area contributed by atoms with Gasteiger partial charge in [-0.3, -0.25) is 4.79 Å². The van der Waals surface area contributed by atoms with Crippen molar-refractivity contribution in [1.82, 2.24) is 0 Å². The van der Waals surface area contributed by atoms with Crippen LogP contribution in [0.5, 0.6) is 0 Å². The molecule has 2 aromatic rings. The van der Waals surface area contributed by atoms with Crippen molar-refractivity contribution < 1.29 is 4.79 Å². The van der Waals surface area contributed by atoms with E-state index in [1.807, 2.05) is 24.3 Å². The smallest absolute Gasteiger partial charge is 0.160 e. The van der Waals surface area contributed by atoms with Crippen LogP contribution in [0.3, 0.4) is 0 Å². The molecule has 0 aromatic heterocycles. The Morgan fingerprint density at radius 2 is 1.86 bits per heavy atom. The predicted molar refractivity (Wildman–Crippen MR) is 88.0 cm³/mol. The van der Waals surface area contributed by atoms with Gasteiger partial charge in [0.2, 0.25) is 0 Å². The predicted octanol–water partition coefficient (Wildman–Crippen LogP) is 4.65. The molecule has 0 spiro atoms. The lowest BCUT2D eigenvalue weighted by atomic mass is 9.76. The molecule has 0 unspecified atom stereocenters. The molecule has 0 atom stereocenters. The van der Waals surface area contributed by atoms with Crippen LogP contribution in [-0.4, -0.2) is 12.3 Å². The van der Waals surface area contributed by atoms with Crippen molar-refractivity contribution in [2.45, 2.75) is 32.6 Å². The Morgan fingerprint density at radius 1 is 1.14 bits per heavy atom. The van der Waals surface area contributed by atoms with Gasteiger partial charge in [0.1, 0.15) is 0 Å². The maximum atomic E-state index is 12.1. The molecule has 2 nitrogen and oxygen atoms in total. The second-order valence-electron chi connectivity index (χ2n) is 6.43. The first kappa shape index (κ1) is 13.9. The van der Waals surface area contributed by atoms with Crippen molar-refractivity contribution in [2.24, 2.45) is 0 Å². The van der Waals surface area contributed by atoms with E-state index in [4.69, 9.17) is 0 Å². The van der Waals surface area contributed by atoms with E-state index in [0.717, 1.165) is 35.3 Å². The molecule has 0 aliphatic carbocycles. The molecule has 0 radical (unpaired) electrons. The van der Waals surface area contributed by atoms with Gasteiger partial charge in [-0.1, -0.05) is 44.2 Å². The van der Waals surface area contributed by atoms with Crippen LogP contribution >= 0.6 is 0 Å². The Hall–Kier alpha value is -2.09. The summed E-state index contributed by atoms with van der Waals surface area (Å²) >= 11 is 0. The average Bonchev–Trinajstić information content (AvgIpc) is 2.47. The van der Waals surface area contributed by atoms with Gasteiger partial charge in [0, 0.05) is 17.8 Å². The summed E-state index contributed by atoms with van der Waals surface area (Å²) in [7, 11) is 0. The number of Topliss-reactive ketones (excluding diaryl/α,β-unsaturated/α-hetero) is 1. The van der Waals surface area contributed by atoms with Crippen LogP contribution in [0, 0.1) is 0 Å². The minimum Gasteiger partial charge on any atom is -0.385 e. The van der Waals surface area contributed by atoms with Gasteiger partial charge in [0.15, 0.2) is 5.78 Å². The van der Waals surface area contributed by atoms with Crippen LogP contribution in [0.4, 0.5) is 5.69 Å². The second kappa shape index (κ2) is 5.03. The summed E-state index contributed by atoms with van der Waals surface area (Å²) < 4.78 is 0. The third-order valence-electron chi connectivity index (χ3n) is 4.42. The summed E-state index contributed by atoms with van der Waals surface area (Å²) in [5.74, 6) is 0.113. The van der Waals surface area contributed by atoms with Gasteiger partial charge < -0.3 is 5.32 Å². The van der Waals surface area contributed by atoms with E-state index >= 15 is 0 Å². The number of nitrogens with one attached hydrogen (secondary N) is 1. The van der Waals surface area contributed by atoms with E-state index in [-0.39, 0.29) is 11.2 Å². The molecule has 0 amide bonds. The number of carbonyl (C=O) groups is 1. The summed E-state index contributed by atoms with van der Waals surface area (Å²) in [5, 5.41) is 3.44. The lowest BCUT2D eigenvalue weighted by Gasteiger charge is -2.34. The molecule has 2 aromatic carbocycles. The van der Waals surface area contributed by atoms with Crippen LogP contribution in [0.25, 0.3) is 11.1 Å². The third kappa shape index (κ3) is 2.46. The number of fused-ring (bicyclic) bond motifs is 1. The average molecular weight is 279 g/mol. The largest absolute Gasteiger partial charge is 0.385 e. The van der Waals surface area contributed by atoms with E-state index in [1.165, 1.54) is 5.56 Å². The lowest BCUT2D eigenvalue weighted by Crippen LogP contribution is -2.28. The maximum Gasteiger partial charge on any atom is 0.160 e. The molecule has 0 saturated heterocycles. The Morgan fingerprint density at radius 3 is 2.52 bits per heavy atom. The topological polar surface area (TPSA) is 29.1 Å². The van der Waals surface area contributed by atoms with Crippen LogP contribution in [0.1, 0.15) is 43.1 Å². The fourth-order valence-electron chi connectivity index (χ4n) is 3.10. The van der Waals surface area contributed by atoms with Gasteiger partial charge in [-0.15, -0.1) is 0 Å². The van der Waals surface area contributed by atoms with E-state index < -0.39 is 0 Å². The highest BCUT2D eigenvalue weighted by Gasteiger charge is 2.29. The van der Waals surface area contributed by atoms with Gasteiger partial charge in [-0.2, -0.15) is 0 Å². The maximum absolute atomic E-state index is 12.1. The lowest BCUT2D eigenvalue weighted by molar-refractivity contribution is 0.101. The van der Waals surface area contributed by atoms with Gasteiger partial charge in [-0.05, 0) is 47.6 Å². The number of rotatable bonds is 2. The Labute approximate surface area is 126 Å².